The van der Waals surface area contributed by atoms with Gasteiger partial charge in [0.25, 0.3) is 5.91 Å². The minimum absolute atomic E-state index is 0.126. The summed E-state index contributed by atoms with van der Waals surface area (Å²) in [6, 6.07) is 3.63. The van der Waals surface area contributed by atoms with Crippen LogP contribution in [0.4, 0.5) is 0 Å². The number of amides is 1. The molecule has 2 rings (SSSR count). The van der Waals surface area contributed by atoms with E-state index in [9.17, 15) is 9.59 Å². The maximum absolute atomic E-state index is 12.3. The monoisotopic (exact) mass is 276 g/mol. The van der Waals surface area contributed by atoms with Gasteiger partial charge >= 0.3 is 5.97 Å². The highest BCUT2D eigenvalue weighted by Gasteiger charge is 2.28. The van der Waals surface area contributed by atoms with Crippen molar-refractivity contribution in [3.63, 3.8) is 0 Å². The van der Waals surface area contributed by atoms with Crippen molar-refractivity contribution in [3.05, 3.63) is 29.6 Å². The number of aliphatic carboxylic acids is 1. The quantitative estimate of drug-likeness (QED) is 0.918. The van der Waals surface area contributed by atoms with Crippen LogP contribution in [0.25, 0.3) is 0 Å². The largest absolute Gasteiger partial charge is 0.481 e. The third-order valence-corrected chi connectivity index (χ3v) is 3.68. The van der Waals surface area contributed by atoms with Crippen LogP contribution in [0.5, 0.6) is 0 Å². The molecule has 1 aromatic rings. The topological polar surface area (TPSA) is 70.5 Å². The molecule has 108 valence electrons. The summed E-state index contributed by atoms with van der Waals surface area (Å²) in [6.45, 7) is 5.01. The first kappa shape index (κ1) is 14.5. The zero-order valence-corrected chi connectivity index (χ0v) is 11.9. The molecule has 1 aliphatic heterocycles. The van der Waals surface area contributed by atoms with Crippen molar-refractivity contribution in [1.29, 1.82) is 0 Å². The predicted molar refractivity (Wildman–Crippen MR) is 74.6 cm³/mol. The lowest BCUT2D eigenvalue weighted by atomic mass is 9.97. The minimum Gasteiger partial charge on any atom is -0.481 e. The maximum Gasteiger partial charge on any atom is 0.308 e. The summed E-state index contributed by atoms with van der Waals surface area (Å²) < 4.78 is 0. The number of aromatic nitrogens is 1. The van der Waals surface area contributed by atoms with E-state index in [0.717, 1.165) is 12.1 Å². The zero-order valence-electron chi connectivity index (χ0n) is 11.9. The molecule has 0 bridgehead atoms. The van der Waals surface area contributed by atoms with E-state index >= 15 is 0 Å². The third kappa shape index (κ3) is 3.15. The van der Waals surface area contributed by atoms with Crippen molar-refractivity contribution < 1.29 is 14.7 Å². The Bertz CT molecular complexity index is 496. The van der Waals surface area contributed by atoms with Gasteiger partial charge in [-0.15, -0.1) is 0 Å². The van der Waals surface area contributed by atoms with E-state index in [-0.39, 0.29) is 5.91 Å². The molecule has 5 heteroatoms. The summed E-state index contributed by atoms with van der Waals surface area (Å²) in [4.78, 5) is 29.3. The molecule has 20 heavy (non-hydrogen) atoms. The molecular formula is C15H20N2O3. The number of piperidine rings is 1. The second kappa shape index (κ2) is 6.03. The van der Waals surface area contributed by atoms with Gasteiger partial charge in [-0.1, -0.05) is 13.8 Å². The smallest absolute Gasteiger partial charge is 0.308 e. The molecule has 0 spiro atoms. The molecule has 1 aromatic heterocycles. The van der Waals surface area contributed by atoms with Crippen molar-refractivity contribution in [3.8, 4) is 0 Å². The maximum atomic E-state index is 12.3. The van der Waals surface area contributed by atoms with E-state index in [1.54, 1.807) is 17.2 Å². The van der Waals surface area contributed by atoms with Gasteiger partial charge in [0, 0.05) is 25.0 Å². The lowest BCUT2D eigenvalue weighted by molar-refractivity contribution is -0.143. The van der Waals surface area contributed by atoms with E-state index < -0.39 is 11.9 Å². The number of pyridine rings is 1. The predicted octanol–water partition coefficient (Wildman–Crippen LogP) is 2.14. The molecule has 1 amide bonds. The highest BCUT2D eigenvalue weighted by molar-refractivity contribution is 5.94. The van der Waals surface area contributed by atoms with Gasteiger partial charge in [0.2, 0.25) is 0 Å². The minimum atomic E-state index is -0.823. The number of nitrogens with zero attached hydrogens (tertiary/aromatic N) is 2. The van der Waals surface area contributed by atoms with Gasteiger partial charge < -0.3 is 10.0 Å². The van der Waals surface area contributed by atoms with Crippen LogP contribution in [0.15, 0.2) is 18.3 Å². The number of hydrogen-bond acceptors (Lipinski definition) is 3. The van der Waals surface area contributed by atoms with Crippen molar-refractivity contribution in [1.82, 2.24) is 9.88 Å². The first-order valence-electron chi connectivity index (χ1n) is 6.97. The second-order valence-electron chi connectivity index (χ2n) is 5.55. The SMILES string of the molecule is CC(C)c1ccc(C(=O)N2CCC[C@H](C(=O)O)C2)cn1. The van der Waals surface area contributed by atoms with Crippen LogP contribution >= 0.6 is 0 Å². The van der Waals surface area contributed by atoms with Gasteiger partial charge in [0.15, 0.2) is 0 Å². The summed E-state index contributed by atoms with van der Waals surface area (Å²) >= 11 is 0. The standard InChI is InChI=1S/C15H20N2O3/c1-10(2)13-6-5-11(8-16-13)14(18)17-7-3-4-12(9-17)15(19)20/h5-6,8,10,12H,3-4,7,9H2,1-2H3,(H,19,20)/t12-/m0/s1. The van der Waals surface area contributed by atoms with Gasteiger partial charge in [-0.2, -0.15) is 0 Å². The molecular weight excluding hydrogens is 256 g/mol. The Morgan fingerprint density at radius 2 is 2.15 bits per heavy atom. The van der Waals surface area contributed by atoms with Crippen molar-refractivity contribution in [2.45, 2.75) is 32.6 Å². The number of carboxylic acids is 1. The molecule has 0 aromatic carbocycles. The van der Waals surface area contributed by atoms with Gasteiger partial charge in [-0.05, 0) is 30.9 Å². The Hall–Kier alpha value is -1.91. The summed E-state index contributed by atoms with van der Waals surface area (Å²) in [5.41, 5.74) is 1.48. The number of carboxylic acid groups (broad SMARTS) is 1. The van der Waals surface area contributed by atoms with E-state index in [2.05, 4.69) is 4.98 Å². The molecule has 1 saturated heterocycles. The van der Waals surface area contributed by atoms with Crippen LogP contribution in [-0.2, 0) is 4.79 Å². The average molecular weight is 276 g/mol. The first-order valence-corrected chi connectivity index (χ1v) is 6.97. The fourth-order valence-electron chi connectivity index (χ4n) is 2.42. The van der Waals surface area contributed by atoms with E-state index in [4.69, 9.17) is 5.11 Å². The van der Waals surface area contributed by atoms with Crippen LogP contribution in [0, 0.1) is 5.92 Å². The molecule has 0 radical (unpaired) electrons. The summed E-state index contributed by atoms with van der Waals surface area (Å²) in [5.74, 6) is -1.07. The summed E-state index contributed by atoms with van der Waals surface area (Å²) in [7, 11) is 0. The molecule has 1 aliphatic rings. The van der Waals surface area contributed by atoms with Gasteiger partial charge in [0.05, 0.1) is 11.5 Å². The molecule has 0 unspecified atom stereocenters. The Morgan fingerprint density at radius 1 is 1.40 bits per heavy atom. The number of hydrogen-bond donors (Lipinski definition) is 1. The molecule has 1 atom stereocenters. The summed E-state index contributed by atoms with van der Waals surface area (Å²) in [5, 5.41) is 9.06. The lowest BCUT2D eigenvalue weighted by Gasteiger charge is -2.30. The Kier molecular flexibility index (Phi) is 4.37. The fraction of sp³-hybridized carbons (Fsp3) is 0.533. The normalized spacial score (nSPS) is 19.1. The van der Waals surface area contributed by atoms with Crippen molar-refractivity contribution in [2.24, 2.45) is 5.92 Å². The molecule has 1 N–H and O–H groups in total. The number of rotatable bonds is 3. The zero-order chi connectivity index (χ0) is 14.7. The van der Waals surface area contributed by atoms with Crippen LogP contribution in [-0.4, -0.2) is 40.0 Å². The number of carbonyl (C=O) groups is 2. The Labute approximate surface area is 118 Å². The highest BCUT2D eigenvalue weighted by atomic mass is 16.4. The Morgan fingerprint density at radius 3 is 2.70 bits per heavy atom. The van der Waals surface area contributed by atoms with Gasteiger partial charge in [-0.25, -0.2) is 0 Å². The second-order valence-corrected chi connectivity index (χ2v) is 5.55. The van der Waals surface area contributed by atoms with Crippen LogP contribution in [0.1, 0.15) is 48.7 Å². The first-order chi connectivity index (χ1) is 9.49. The Balaban J connectivity index is 2.08. The average Bonchev–Trinajstić information content (AvgIpc) is 2.46. The lowest BCUT2D eigenvalue weighted by Crippen LogP contribution is -2.42. The summed E-state index contributed by atoms with van der Waals surface area (Å²) in [6.07, 6.45) is 2.96. The molecule has 1 fully saturated rings. The molecule has 0 saturated carbocycles. The van der Waals surface area contributed by atoms with Crippen molar-refractivity contribution in [2.75, 3.05) is 13.1 Å². The third-order valence-electron chi connectivity index (χ3n) is 3.68. The van der Waals surface area contributed by atoms with E-state index in [1.165, 1.54) is 0 Å². The van der Waals surface area contributed by atoms with Crippen LogP contribution in [0.2, 0.25) is 0 Å². The molecule has 2 heterocycles. The van der Waals surface area contributed by atoms with E-state index in [0.29, 0.717) is 31.0 Å². The van der Waals surface area contributed by atoms with Gasteiger partial charge in [0.1, 0.15) is 0 Å². The molecule has 0 aliphatic carbocycles. The van der Waals surface area contributed by atoms with Crippen LogP contribution in [0.3, 0.4) is 0 Å². The van der Waals surface area contributed by atoms with E-state index in [1.807, 2.05) is 19.9 Å². The number of carbonyl (C=O) groups excluding carboxylic acids is 1. The highest BCUT2D eigenvalue weighted by Crippen LogP contribution is 2.19. The van der Waals surface area contributed by atoms with Crippen molar-refractivity contribution >= 4 is 11.9 Å². The number of likely N-dealkylation sites (tertiary alicyclic amines) is 1. The van der Waals surface area contributed by atoms with Gasteiger partial charge in [-0.3, -0.25) is 14.6 Å². The molecule has 5 nitrogen and oxygen atoms in total. The fourth-order valence-corrected chi connectivity index (χ4v) is 2.42. The van der Waals surface area contributed by atoms with Crippen LogP contribution < -0.4 is 0 Å².